The Kier molecular flexibility index (Phi) is 6.66. The van der Waals surface area contributed by atoms with E-state index in [4.69, 9.17) is 4.74 Å². The summed E-state index contributed by atoms with van der Waals surface area (Å²) in [6.45, 7) is 3.59. The number of ether oxygens (including phenoxy) is 1. The van der Waals surface area contributed by atoms with Crippen LogP contribution in [0.4, 0.5) is 11.6 Å². The molecule has 1 saturated heterocycles. The molecule has 0 N–H and O–H groups in total. The van der Waals surface area contributed by atoms with Crippen LogP contribution in [0.3, 0.4) is 0 Å². The molecule has 0 saturated carbocycles. The van der Waals surface area contributed by atoms with Crippen LogP contribution in [0.15, 0.2) is 65.8 Å². The number of hydrogen-bond acceptors (Lipinski definition) is 6. The van der Waals surface area contributed by atoms with Crippen LogP contribution in [0.1, 0.15) is 5.56 Å². The highest BCUT2D eigenvalue weighted by Crippen LogP contribution is 2.25. The minimum Gasteiger partial charge on any atom is -0.378 e. The third-order valence-corrected chi connectivity index (χ3v) is 5.97. The van der Waals surface area contributed by atoms with Crippen molar-refractivity contribution in [3.63, 3.8) is 0 Å². The van der Waals surface area contributed by atoms with Crippen molar-refractivity contribution >= 4 is 29.3 Å². The first-order valence-corrected chi connectivity index (χ1v) is 10.9. The summed E-state index contributed by atoms with van der Waals surface area (Å²) in [4.78, 5) is 16.6. The number of aromatic nitrogens is 3. The fourth-order valence-corrected chi connectivity index (χ4v) is 4.15. The average Bonchev–Trinajstić information content (AvgIpc) is 3.21. The highest BCUT2D eigenvalue weighted by Gasteiger charge is 2.22. The van der Waals surface area contributed by atoms with E-state index in [1.807, 2.05) is 48.5 Å². The fraction of sp³-hybridized carbons (Fsp3) is 0.318. The Morgan fingerprint density at radius 2 is 1.70 bits per heavy atom. The SMILES string of the molecule is CN(C(=O)CSc1nnc(N2CCOCC2)n1Cc1ccccc1)c1ccccc1. The highest BCUT2D eigenvalue weighted by molar-refractivity contribution is 7.99. The number of carbonyl (C=O) groups excluding carboxylic acids is 1. The van der Waals surface area contributed by atoms with E-state index in [-0.39, 0.29) is 5.91 Å². The first kappa shape index (κ1) is 20.4. The van der Waals surface area contributed by atoms with E-state index in [0.29, 0.717) is 25.5 Å². The van der Waals surface area contributed by atoms with Gasteiger partial charge >= 0.3 is 0 Å². The van der Waals surface area contributed by atoms with Crippen molar-refractivity contribution in [1.29, 1.82) is 0 Å². The second kappa shape index (κ2) is 9.77. The van der Waals surface area contributed by atoms with Gasteiger partial charge in [0.2, 0.25) is 11.9 Å². The fourth-order valence-electron chi connectivity index (χ4n) is 3.31. The smallest absolute Gasteiger partial charge is 0.237 e. The summed E-state index contributed by atoms with van der Waals surface area (Å²) < 4.78 is 7.58. The van der Waals surface area contributed by atoms with E-state index in [2.05, 4.69) is 31.8 Å². The van der Waals surface area contributed by atoms with Crippen molar-refractivity contribution in [3.05, 3.63) is 66.2 Å². The molecule has 0 bridgehead atoms. The van der Waals surface area contributed by atoms with Crippen LogP contribution in [0, 0.1) is 0 Å². The van der Waals surface area contributed by atoms with Gasteiger partial charge in [0.15, 0.2) is 5.16 Å². The van der Waals surface area contributed by atoms with Gasteiger partial charge in [-0.2, -0.15) is 0 Å². The van der Waals surface area contributed by atoms with Crippen molar-refractivity contribution in [2.24, 2.45) is 0 Å². The number of thioether (sulfide) groups is 1. The summed E-state index contributed by atoms with van der Waals surface area (Å²) in [7, 11) is 1.80. The number of morpholine rings is 1. The Labute approximate surface area is 180 Å². The normalized spacial score (nSPS) is 14.0. The van der Waals surface area contributed by atoms with Gasteiger partial charge in [-0.05, 0) is 17.7 Å². The molecule has 0 spiro atoms. The zero-order chi connectivity index (χ0) is 20.8. The van der Waals surface area contributed by atoms with Crippen molar-refractivity contribution in [2.45, 2.75) is 11.7 Å². The molecule has 2 aromatic carbocycles. The molecule has 3 aromatic rings. The van der Waals surface area contributed by atoms with E-state index < -0.39 is 0 Å². The van der Waals surface area contributed by atoms with E-state index in [9.17, 15) is 4.79 Å². The number of hydrogen-bond donors (Lipinski definition) is 0. The number of benzene rings is 2. The maximum atomic E-state index is 12.7. The molecule has 30 heavy (non-hydrogen) atoms. The van der Waals surface area contributed by atoms with Gasteiger partial charge in [0, 0.05) is 25.8 Å². The Morgan fingerprint density at radius 3 is 2.40 bits per heavy atom. The van der Waals surface area contributed by atoms with Crippen LogP contribution in [0.5, 0.6) is 0 Å². The molecule has 2 heterocycles. The maximum Gasteiger partial charge on any atom is 0.237 e. The van der Waals surface area contributed by atoms with Crippen LogP contribution < -0.4 is 9.80 Å². The first-order chi connectivity index (χ1) is 14.7. The minimum absolute atomic E-state index is 0.0217. The zero-order valence-electron chi connectivity index (χ0n) is 17.0. The molecular weight excluding hydrogens is 398 g/mol. The maximum absolute atomic E-state index is 12.7. The third kappa shape index (κ3) is 4.83. The lowest BCUT2D eigenvalue weighted by Crippen LogP contribution is -2.38. The minimum atomic E-state index is 0.0217. The quantitative estimate of drug-likeness (QED) is 0.545. The molecule has 1 fully saturated rings. The monoisotopic (exact) mass is 423 g/mol. The summed E-state index contributed by atoms with van der Waals surface area (Å²) in [5, 5.41) is 9.61. The van der Waals surface area contributed by atoms with E-state index >= 15 is 0 Å². The standard InChI is InChI=1S/C22H25N5O2S/c1-25(19-10-6-3-7-11-19)20(28)17-30-22-24-23-21(26-12-14-29-15-13-26)27(22)16-18-8-4-2-5-9-18/h2-11H,12-17H2,1H3. The lowest BCUT2D eigenvalue weighted by Gasteiger charge is -2.28. The van der Waals surface area contributed by atoms with E-state index in [1.54, 1.807) is 11.9 Å². The highest BCUT2D eigenvalue weighted by atomic mass is 32.2. The largest absolute Gasteiger partial charge is 0.378 e. The van der Waals surface area contributed by atoms with Crippen LogP contribution >= 0.6 is 11.8 Å². The lowest BCUT2D eigenvalue weighted by molar-refractivity contribution is -0.115. The van der Waals surface area contributed by atoms with Crippen molar-refractivity contribution < 1.29 is 9.53 Å². The molecule has 1 aliphatic heterocycles. The Morgan fingerprint density at radius 1 is 1.03 bits per heavy atom. The molecule has 4 rings (SSSR count). The molecule has 156 valence electrons. The van der Waals surface area contributed by atoms with Crippen molar-refractivity contribution in [3.8, 4) is 0 Å². The third-order valence-electron chi connectivity index (χ3n) is 5.02. The second-order valence-corrected chi connectivity index (χ2v) is 7.97. The lowest BCUT2D eigenvalue weighted by atomic mass is 10.2. The molecule has 0 unspecified atom stereocenters. The topological polar surface area (TPSA) is 63.5 Å². The molecule has 1 amide bonds. The first-order valence-electron chi connectivity index (χ1n) is 9.96. The van der Waals surface area contributed by atoms with Gasteiger partial charge in [-0.1, -0.05) is 60.3 Å². The van der Waals surface area contributed by atoms with Crippen LogP contribution in [-0.2, 0) is 16.1 Å². The Hall–Kier alpha value is -2.84. The summed E-state index contributed by atoms with van der Waals surface area (Å²) >= 11 is 1.42. The Balaban J connectivity index is 1.51. The predicted molar refractivity (Wildman–Crippen MR) is 119 cm³/mol. The van der Waals surface area contributed by atoms with Gasteiger partial charge in [-0.15, -0.1) is 10.2 Å². The average molecular weight is 424 g/mol. The number of para-hydroxylation sites is 1. The molecule has 7 nitrogen and oxygen atoms in total. The van der Waals surface area contributed by atoms with E-state index in [1.165, 1.54) is 17.3 Å². The molecule has 0 radical (unpaired) electrons. The van der Waals surface area contributed by atoms with Gasteiger partial charge in [-0.3, -0.25) is 9.36 Å². The van der Waals surface area contributed by atoms with Crippen molar-refractivity contribution in [1.82, 2.24) is 14.8 Å². The molecule has 1 aliphatic rings. The molecule has 8 heteroatoms. The number of nitrogens with zero attached hydrogens (tertiary/aromatic N) is 5. The molecular formula is C22H25N5O2S. The van der Waals surface area contributed by atoms with Gasteiger partial charge in [0.1, 0.15) is 0 Å². The zero-order valence-corrected chi connectivity index (χ0v) is 17.8. The molecule has 0 atom stereocenters. The van der Waals surface area contributed by atoms with Crippen LogP contribution in [0.2, 0.25) is 0 Å². The molecule has 1 aromatic heterocycles. The van der Waals surface area contributed by atoms with Crippen LogP contribution in [0.25, 0.3) is 0 Å². The summed E-state index contributed by atoms with van der Waals surface area (Å²) in [6, 6.07) is 19.9. The number of carbonyl (C=O) groups is 1. The number of amides is 1. The summed E-state index contributed by atoms with van der Waals surface area (Å²) in [5.41, 5.74) is 2.05. The summed E-state index contributed by atoms with van der Waals surface area (Å²) in [6.07, 6.45) is 0. The van der Waals surface area contributed by atoms with Crippen molar-refractivity contribution in [2.75, 3.05) is 48.9 Å². The number of rotatable bonds is 7. The van der Waals surface area contributed by atoms with Gasteiger partial charge in [-0.25, -0.2) is 0 Å². The summed E-state index contributed by atoms with van der Waals surface area (Å²) in [5.74, 6) is 1.14. The molecule has 0 aliphatic carbocycles. The predicted octanol–water partition coefficient (Wildman–Crippen LogP) is 2.92. The Bertz CT molecular complexity index is 958. The number of anilines is 2. The van der Waals surface area contributed by atoms with Crippen LogP contribution in [-0.4, -0.2) is 59.8 Å². The van der Waals surface area contributed by atoms with Gasteiger partial charge < -0.3 is 14.5 Å². The van der Waals surface area contributed by atoms with Gasteiger partial charge in [0.25, 0.3) is 0 Å². The van der Waals surface area contributed by atoms with Gasteiger partial charge in [0.05, 0.1) is 25.5 Å². The van der Waals surface area contributed by atoms with E-state index in [0.717, 1.165) is 29.9 Å². The second-order valence-electron chi connectivity index (χ2n) is 7.03.